The monoisotopic (exact) mass is 266 g/mol. The molecule has 18 heavy (non-hydrogen) atoms. The van der Waals surface area contributed by atoms with E-state index in [0.29, 0.717) is 6.42 Å². The highest BCUT2D eigenvalue weighted by molar-refractivity contribution is 6.31. The van der Waals surface area contributed by atoms with Gasteiger partial charge in [-0.3, -0.25) is 4.79 Å². The van der Waals surface area contributed by atoms with E-state index >= 15 is 0 Å². The van der Waals surface area contributed by atoms with Crippen LogP contribution >= 0.6 is 11.6 Å². The van der Waals surface area contributed by atoms with E-state index in [1.54, 1.807) is 4.90 Å². The van der Waals surface area contributed by atoms with E-state index in [4.69, 9.17) is 11.6 Å². The molecule has 0 bridgehead atoms. The van der Waals surface area contributed by atoms with Crippen LogP contribution in [0.15, 0.2) is 24.3 Å². The number of halogens is 1. The zero-order valence-electron chi connectivity index (χ0n) is 10.9. The number of nitrogens with zero attached hydrogens (tertiary/aromatic N) is 1. The Hall–Kier alpha value is -1.06. The van der Waals surface area contributed by atoms with Gasteiger partial charge in [-0.2, -0.15) is 0 Å². The van der Waals surface area contributed by atoms with Crippen molar-refractivity contribution in [2.45, 2.75) is 18.3 Å². The van der Waals surface area contributed by atoms with Crippen LogP contribution < -0.4 is 5.32 Å². The normalized spacial score (nSPS) is 24.4. The van der Waals surface area contributed by atoms with Gasteiger partial charge in [0.25, 0.3) is 0 Å². The first-order valence-electron chi connectivity index (χ1n) is 6.23. The van der Waals surface area contributed by atoms with Crippen molar-refractivity contribution in [3.63, 3.8) is 0 Å². The van der Waals surface area contributed by atoms with E-state index in [1.165, 1.54) is 0 Å². The summed E-state index contributed by atoms with van der Waals surface area (Å²) in [6.07, 6.45) is 1.47. The van der Waals surface area contributed by atoms with Crippen molar-refractivity contribution in [1.29, 1.82) is 0 Å². The SMILES string of the molecule is CNCC1(c2ccccc2Cl)CCN(C)C(=O)C1. The molecule has 1 atom stereocenters. The van der Waals surface area contributed by atoms with Crippen LogP contribution in [0, 0.1) is 0 Å². The largest absolute Gasteiger partial charge is 0.346 e. The highest BCUT2D eigenvalue weighted by Gasteiger charge is 2.39. The summed E-state index contributed by atoms with van der Waals surface area (Å²) in [6.45, 7) is 1.56. The molecule has 1 aromatic carbocycles. The lowest BCUT2D eigenvalue weighted by Gasteiger charge is -2.41. The molecule has 4 heteroatoms. The second-order valence-electron chi connectivity index (χ2n) is 5.03. The molecule has 1 amide bonds. The molecule has 1 N–H and O–H groups in total. The number of likely N-dealkylation sites (tertiary alicyclic amines) is 1. The van der Waals surface area contributed by atoms with Crippen molar-refractivity contribution in [3.05, 3.63) is 34.9 Å². The molecule has 1 aliphatic rings. The molecule has 2 rings (SSSR count). The van der Waals surface area contributed by atoms with E-state index in [0.717, 1.165) is 30.1 Å². The Balaban J connectivity index is 2.39. The van der Waals surface area contributed by atoms with Gasteiger partial charge in [-0.25, -0.2) is 0 Å². The molecule has 1 aromatic rings. The summed E-state index contributed by atoms with van der Waals surface area (Å²) in [7, 11) is 3.78. The van der Waals surface area contributed by atoms with Crippen LogP contribution in [-0.2, 0) is 10.2 Å². The molecule has 0 aromatic heterocycles. The Labute approximate surface area is 113 Å². The summed E-state index contributed by atoms with van der Waals surface area (Å²) in [4.78, 5) is 13.8. The van der Waals surface area contributed by atoms with E-state index < -0.39 is 0 Å². The zero-order chi connectivity index (χ0) is 13.2. The van der Waals surface area contributed by atoms with Crippen molar-refractivity contribution >= 4 is 17.5 Å². The topological polar surface area (TPSA) is 32.3 Å². The highest BCUT2D eigenvalue weighted by Crippen LogP contribution is 2.38. The lowest BCUT2D eigenvalue weighted by atomic mass is 9.72. The number of amides is 1. The Bertz CT molecular complexity index is 449. The van der Waals surface area contributed by atoms with E-state index in [-0.39, 0.29) is 11.3 Å². The van der Waals surface area contributed by atoms with Gasteiger partial charge in [0.15, 0.2) is 0 Å². The minimum Gasteiger partial charge on any atom is -0.346 e. The van der Waals surface area contributed by atoms with E-state index in [9.17, 15) is 4.79 Å². The minimum absolute atomic E-state index is 0.170. The summed E-state index contributed by atoms with van der Waals surface area (Å²) in [5, 5.41) is 3.96. The van der Waals surface area contributed by atoms with Crippen LogP contribution in [0.2, 0.25) is 5.02 Å². The van der Waals surface area contributed by atoms with Gasteiger partial charge in [0, 0.05) is 37.0 Å². The number of piperidine rings is 1. The third kappa shape index (κ3) is 2.38. The van der Waals surface area contributed by atoms with Gasteiger partial charge in [0.2, 0.25) is 5.91 Å². The smallest absolute Gasteiger partial charge is 0.223 e. The number of hydrogen-bond acceptors (Lipinski definition) is 2. The zero-order valence-corrected chi connectivity index (χ0v) is 11.6. The summed E-state index contributed by atoms with van der Waals surface area (Å²) >= 11 is 6.31. The van der Waals surface area contributed by atoms with Crippen LogP contribution in [0.5, 0.6) is 0 Å². The number of likely N-dealkylation sites (N-methyl/N-ethyl adjacent to an activating group) is 1. The fraction of sp³-hybridized carbons (Fsp3) is 0.500. The molecule has 1 fully saturated rings. The second kappa shape index (κ2) is 5.29. The Kier molecular flexibility index (Phi) is 3.93. The molecule has 0 saturated carbocycles. The molecule has 0 radical (unpaired) electrons. The van der Waals surface area contributed by atoms with Gasteiger partial charge in [0.05, 0.1) is 0 Å². The van der Waals surface area contributed by atoms with Crippen molar-refractivity contribution in [3.8, 4) is 0 Å². The maximum atomic E-state index is 12.0. The predicted molar refractivity (Wildman–Crippen MR) is 73.9 cm³/mol. The van der Waals surface area contributed by atoms with Crippen molar-refractivity contribution < 1.29 is 4.79 Å². The standard InChI is InChI=1S/C14H19ClN2O/c1-16-10-14(7-8-17(2)13(18)9-14)11-5-3-4-6-12(11)15/h3-6,16H,7-10H2,1-2H3. The summed E-state index contributed by atoms with van der Waals surface area (Å²) in [5.74, 6) is 0.191. The number of benzene rings is 1. The molecule has 1 unspecified atom stereocenters. The lowest BCUT2D eigenvalue weighted by molar-refractivity contribution is -0.134. The molecule has 0 aliphatic carbocycles. The Morgan fingerprint density at radius 2 is 2.17 bits per heavy atom. The number of rotatable bonds is 3. The quantitative estimate of drug-likeness (QED) is 0.908. The highest BCUT2D eigenvalue weighted by atomic mass is 35.5. The summed E-state index contributed by atoms with van der Waals surface area (Å²) < 4.78 is 0. The molecule has 1 saturated heterocycles. The first-order valence-corrected chi connectivity index (χ1v) is 6.60. The average Bonchev–Trinajstić information content (AvgIpc) is 2.35. The molecular weight excluding hydrogens is 248 g/mol. The van der Waals surface area contributed by atoms with E-state index in [2.05, 4.69) is 5.32 Å². The molecule has 1 aliphatic heterocycles. The maximum Gasteiger partial charge on any atom is 0.223 e. The molecular formula is C14H19ClN2O. The fourth-order valence-electron chi connectivity index (χ4n) is 2.72. The van der Waals surface area contributed by atoms with Crippen molar-refractivity contribution in [1.82, 2.24) is 10.2 Å². The first-order chi connectivity index (χ1) is 8.59. The molecule has 3 nitrogen and oxygen atoms in total. The van der Waals surface area contributed by atoms with E-state index in [1.807, 2.05) is 38.4 Å². The first kappa shape index (κ1) is 13.4. The van der Waals surface area contributed by atoms with Gasteiger partial charge in [-0.05, 0) is 25.1 Å². The van der Waals surface area contributed by atoms with Gasteiger partial charge < -0.3 is 10.2 Å². The predicted octanol–water partition coefficient (Wildman–Crippen LogP) is 2.05. The average molecular weight is 267 g/mol. The van der Waals surface area contributed by atoms with Crippen LogP contribution in [0.1, 0.15) is 18.4 Å². The summed E-state index contributed by atoms with van der Waals surface area (Å²) in [6, 6.07) is 7.85. The van der Waals surface area contributed by atoms with Crippen LogP contribution in [0.3, 0.4) is 0 Å². The third-order valence-electron chi connectivity index (χ3n) is 3.80. The van der Waals surface area contributed by atoms with Gasteiger partial charge in [-0.15, -0.1) is 0 Å². The third-order valence-corrected chi connectivity index (χ3v) is 4.13. The van der Waals surface area contributed by atoms with Crippen molar-refractivity contribution in [2.24, 2.45) is 0 Å². The molecule has 0 spiro atoms. The second-order valence-corrected chi connectivity index (χ2v) is 5.44. The number of carbonyl (C=O) groups is 1. The van der Waals surface area contributed by atoms with Gasteiger partial charge >= 0.3 is 0 Å². The van der Waals surface area contributed by atoms with Crippen LogP contribution in [0.25, 0.3) is 0 Å². The molecule has 1 heterocycles. The Morgan fingerprint density at radius 1 is 1.44 bits per heavy atom. The van der Waals surface area contributed by atoms with Crippen molar-refractivity contribution in [2.75, 3.05) is 27.2 Å². The minimum atomic E-state index is -0.170. The summed E-state index contributed by atoms with van der Waals surface area (Å²) in [5.41, 5.74) is 0.916. The Morgan fingerprint density at radius 3 is 2.78 bits per heavy atom. The molecule has 98 valence electrons. The van der Waals surface area contributed by atoms with Gasteiger partial charge in [-0.1, -0.05) is 29.8 Å². The maximum absolute atomic E-state index is 12.0. The van der Waals surface area contributed by atoms with Crippen LogP contribution in [0.4, 0.5) is 0 Å². The van der Waals surface area contributed by atoms with Crippen LogP contribution in [-0.4, -0.2) is 38.0 Å². The lowest BCUT2D eigenvalue weighted by Crippen LogP contribution is -2.49. The number of hydrogen-bond donors (Lipinski definition) is 1. The number of carbonyl (C=O) groups excluding carboxylic acids is 1. The number of nitrogens with one attached hydrogen (secondary N) is 1. The fourth-order valence-corrected chi connectivity index (χ4v) is 3.06. The van der Waals surface area contributed by atoms with Gasteiger partial charge in [0.1, 0.15) is 0 Å².